The highest BCUT2D eigenvalue weighted by Gasteiger charge is 2.20. The average molecular weight is 312 g/mol. The van der Waals surface area contributed by atoms with E-state index >= 15 is 0 Å². The van der Waals surface area contributed by atoms with Crippen LogP contribution in [0.1, 0.15) is 57.6 Å². The molecule has 0 unspecified atom stereocenters. The predicted octanol–water partition coefficient (Wildman–Crippen LogP) is 6.43. The van der Waals surface area contributed by atoms with Gasteiger partial charge in [0.15, 0.2) is 0 Å². The van der Waals surface area contributed by atoms with Crippen molar-refractivity contribution in [3.05, 3.63) is 65.7 Å². The van der Waals surface area contributed by atoms with Gasteiger partial charge in [0.2, 0.25) is 0 Å². The highest BCUT2D eigenvalue weighted by atomic mass is 15.1. The monoisotopic (exact) mass is 311 g/mol. The van der Waals surface area contributed by atoms with Crippen molar-refractivity contribution in [3.63, 3.8) is 0 Å². The molecule has 2 aromatic carbocycles. The van der Waals surface area contributed by atoms with E-state index in [1.54, 1.807) is 0 Å². The van der Waals surface area contributed by atoms with Crippen molar-refractivity contribution in [2.24, 2.45) is 0 Å². The second-order valence-electron chi connectivity index (χ2n) is 5.51. The van der Waals surface area contributed by atoms with Crippen molar-refractivity contribution in [2.45, 2.75) is 53.4 Å². The summed E-state index contributed by atoms with van der Waals surface area (Å²) in [5.41, 5.74) is 4.21. The number of rotatable bonds is 2. The molecule has 0 N–H and O–H groups in total. The lowest BCUT2D eigenvalue weighted by Gasteiger charge is -2.34. The molecular formula is C22H33N. The maximum absolute atomic E-state index is 2.51. The first-order valence-electron chi connectivity index (χ1n) is 9.19. The van der Waals surface area contributed by atoms with Gasteiger partial charge in [0.1, 0.15) is 0 Å². The zero-order valence-corrected chi connectivity index (χ0v) is 15.5. The van der Waals surface area contributed by atoms with Crippen LogP contribution in [0.25, 0.3) is 0 Å². The van der Waals surface area contributed by atoms with Crippen LogP contribution in [0, 0.1) is 6.92 Å². The van der Waals surface area contributed by atoms with E-state index in [-0.39, 0.29) is 0 Å². The molecule has 3 rings (SSSR count). The average Bonchev–Trinajstić information content (AvgIpc) is 2.67. The number of anilines is 1. The van der Waals surface area contributed by atoms with Crippen LogP contribution in [0.3, 0.4) is 0 Å². The van der Waals surface area contributed by atoms with Gasteiger partial charge in [-0.2, -0.15) is 0 Å². The fourth-order valence-electron chi connectivity index (χ4n) is 2.95. The molecular weight excluding hydrogens is 278 g/mol. The Labute approximate surface area is 143 Å². The van der Waals surface area contributed by atoms with Crippen molar-refractivity contribution in [1.82, 2.24) is 0 Å². The molecule has 0 radical (unpaired) electrons. The molecule has 2 aromatic rings. The largest absolute Gasteiger partial charge is 0.371 e. The maximum Gasteiger partial charge on any atom is 0.0366 e. The number of aryl methyl sites for hydroxylation is 1. The second kappa shape index (κ2) is 10.9. The van der Waals surface area contributed by atoms with E-state index in [1.807, 2.05) is 27.7 Å². The van der Waals surface area contributed by atoms with E-state index in [0.29, 0.717) is 0 Å². The first-order valence-corrected chi connectivity index (χ1v) is 9.19. The van der Waals surface area contributed by atoms with Gasteiger partial charge >= 0.3 is 0 Å². The van der Waals surface area contributed by atoms with Gasteiger partial charge < -0.3 is 4.90 Å². The third-order valence-electron chi connectivity index (χ3n) is 4.17. The zero-order valence-electron chi connectivity index (χ0n) is 15.5. The molecule has 1 fully saturated rings. The van der Waals surface area contributed by atoms with Crippen molar-refractivity contribution in [1.29, 1.82) is 0 Å². The molecule has 23 heavy (non-hydrogen) atoms. The second-order valence-corrected chi connectivity index (χ2v) is 5.51. The van der Waals surface area contributed by atoms with Gasteiger partial charge in [0.05, 0.1) is 0 Å². The first-order chi connectivity index (χ1) is 11.3. The highest BCUT2D eigenvalue weighted by Crippen LogP contribution is 2.30. The molecule has 0 bridgehead atoms. The Hall–Kier alpha value is -1.76. The zero-order chi connectivity index (χ0) is 17.1. The van der Waals surface area contributed by atoms with Crippen molar-refractivity contribution >= 4 is 5.69 Å². The van der Waals surface area contributed by atoms with Crippen LogP contribution in [0.15, 0.2) is 54.6 Å². The number of benzene rings is 2. The third-order valence-corrected chi connectivity index (χ3v) is 4.17. The van der Waals surface area contributed by atoms with Gasteiger partial charge in [-0.05, 0) is 43.4 Å². The number of piperidine rings is 1. The molecule has 1 aliphatic rings. The molecule has 0 aromatic heterocycles. The Morgan fingerprint density at radius 1 is 0.739 bits per heavy atom. The molecule has 0 atom stereocenters. The summed E-state index contributed by atoms with van der Waals surface area (Å²) in [5.74, 6) is 0.739. The van der Waals surface area contributed by atoms with Crippen LogP contribution in [0.4, 0.5) is 5.69 Å². The van der Waals surface area contributed by atoms with Crippen LogP contribution in [-0.4, -0.2) is 13.1 Å². The van der Waals surface area contributed by atoms with E-state index in [0.717, 1.165) is 5.92 Å². The summed E-state index contributed by atoms with van der Waals surface area (Å²) < 4.78 is 0. The quantitative estimate of drug-likeness (QED) is 0.617. The van der Waals surface area contributed by atoms with Crippen LogP contribution in [0.2, 0.25) is 0 Å². The summed E-state index contributed by atoms with van der Waals surface area (Å²) in [6, 6.07) is 19.9. The Morgan fingerprint density at radius 2 is 1.26 bits per heavy atom. The Morgan fingerprint density at radius 3 is 1.78 bits per heavy atom. The van der Waals surface area contributed by atoms with E-state index in [9.17, 15) is 0 Å². The van der Waals surface area contributed by atoms with E-state index < -0.39 is 0 Å². The highest BCUT2D eigenvalue weighted by molar-refractivity contribution is 5.48. The molecule has 0 saturated carbocycles. The fourth-order valence-corrected chi connectivity index (χ4v) is 2.95. The Bertz CT molecular complexity index is 507. The normalized spacial score (nSPS) is 14.2. The van der Waals surface area contributed by atoms with E-state index in [2.05, 4.69) is 66.4 Å². The van der Waals surface area contributed by atoms with Crippen LogP contribution >= 0.6 is 0 Å². The van der Waals surface area contributed by atoms with Crippen molar-refractivity contribution in [3.8, 4) is 0 Å². The molecule has 1 saturated heterocycles. The minimum atomic E-state index is 0.739. The lowest BCUT2D eigenvalue weighted by molar-refractivity contribution is 0.505. The maximum atomic E-state index is 2.51. The van der Waals surface area contributed by atoms with Gasteiger partial charge in [-0.1, -0.05) is 75.7 Å². The molecule has 0 aliphatic carbocycles. The minimum Gasteiger partial charge on any atom is -0.371 e. The summed E-state index contributed by atoms with van der Waals surface area (Å²) in [7, 11) is 0. The molecule has 126 valence electrons. The summed E-state index contributed by atoms with van der Waals surface area (Å²) in [4.78, 5) is 2.51. The third kappa shape index (κ3) is 5.74. The molecule has 0 amide bonds. The molecule has 1 aliphatic heterocycles. The Kier molecular flexibility index (Phi) is 9.12. The number of hydrogen-bond acceptors (Lipinski definition) is 1. The molecule has 1 nitrogen and oxygen atoms in total. The molecule has 1 heteroatoms. The Balaban J connectivity index is 0.000000615. The van der Waals surface area contributed by atoms with Gasteiger partial charge in [-0.25, -0.2) is 0 Å². The van der Waals surface area contributed by atoms with Gasteiger partial charge in [-0.3, -0.25) is 0 Å². The van der Waals surface area contributed by atoms with Gasteiger partial charge in [0.25, 0.3) is 0 Å². The predicted molar refractivity (Wildman–Crippen MR) is 105 cm³/mol. The number of nitrogens with zero attached hydrogens (tertiary/aromatic N) is 1. The summed E-state index contributed by atoms with van der Waals surface area (Å²) in [6.45, 7) is 12.5. The van der Waals surface area contributed by atoms with Crippen molar-refractivity contribution < 1.29 is 0 Å². The SMILES string of the molecule is CC.CC.Cc1ccc(N2CCC(c3ccccc3)CC2)cc1. The van der Waals surface area contributed by atoms with Crippen LogP contribution < -0.4 is 4.90 Å². The lowest BCUT2D eigenvalue weighted by atomic mass is 9.89. The lowest BCUT2D eigenvalue weighted by Crippen LogP contribution is -2.32. The van der Waals surface area contributed by atoms with Gasteiger partial charge in [-0.15, -0.1) is 0 Å². The van der Waals surface area contributed by atoms with Crippen LogP contribution in [-0.2, 0) is 0 Å². The fraction of sp³-hybridized carbons (Fsp3) is 0.455. The van der Waals surface area contributed by atoms with E-state index in [1.165, 1.54) is 42.7 Å². The van der Waals surface area contributed by atoms with E-state index in [4.69, 9.17) is 0 Å². The molecule has 0 spiro atoms. The number of hydrogen-bond donors (Lipinski definition) is 0. The van der Waals surface area contributed by atoms with Crippen molar-refractivity contribution in [2.75, 3.05) is 18.0 Å². The minimum absolute atomic E-state index is 0.739. The summed E-state index contributed by atoms with van der Waals surface area (Å²) in [5, 5.41) is 0. The smallest absolute Gasteiger partial charge is 0.0366 e. The first kappa shape index (κ1) is 19.3. The molecule has 1 heterocycles. The summed E-state index contributed by atoms with van der Waals surface area (Å²) >= 11 is 0. The standard InChI is InChI=1S/C18H21N.2C2H6/c1-15-7-9-18(10-8-15)19-13-11-17(12-14-19)16-5-3-2-4-6-16;2*1-2/h2-10,17H,11-14H2,1H3;2*1-2H3. The van der Waals surface area contributed by atoms with Gasteiger partial charge in [0, 0.05) is 18.8 Å². The summed E-state index contributed by atoms with van der Waals surface area (Å²) in [6.07, 6.45) is 2.52. The topological polar surface area (TPSA) is 3.24 Å². The van der Waals surface area contributed by atoms with Crippen LogP contribution in [0.5, 0.6) is 0 Å².